The summed E-state index contributed by atoms with van der Waals surface area (Å²) in [6.07, 6.45) is -5.35. The van der Waals surface area contributed by atoms with Crippen molar-refractivity contribution in [2.24, 2.45) is 0 Å². The zero-order valence-electron chi connectivity index (χ0n) is 7.81. The third kappa shape index (κ3) is 2.37. The van der Waals surface area contributed by atoms with E-state index in [-0.39, 0.29) is 18.3 Å². The minimum atomic E-state index is -4.82. The van der Waals surface area contributed by atoms with Crippen LogP contribution in [0.4, 0.5) is 17.6 Å². The molecule has 0 radical (unpaired) electrons. The lowest BCUT2D eigenvalue weighted by atomic mass is 10.0. The molecule has 1 aromatic rings. The van der Waals surface area contributed by atoms with Crippen LogP contribution in [0.1, 0.15) is 21.5 Å². The molecule has 1 rings (SSSR count). The van der Waals surface area contributed by atoms with Gasteiger partial charge in [-0.3, -0.25) is 4.79 Å². The minimum absolute atomic E-state index is 0.113. The second kappa shape index (κ2) is 4.31. The van der Waals surface area contributed by atoms with Crippen LogP contribution in [-0.2, 0) is 12.6 Å². The highest BCUT2D eigenvalue weighted by molar-refractivity contribution is 5.78. The summed E-state index contributed by atoms with van der Waals surface area (Å²) in [5.74, 6) is -1.27. The van der Waals surface area contributed by atoms with Crippen molar-refractivity contribution in [3.05, 3.63) is 34.6 Å². The Balaban J connectivity index is 3.44. The van der Waals surface area contributed by atoms with Crippen molar-refractivity contribution in [1.29, 1.82) is 5.26 Å². The van der Waals surface area contributed by atoms with Crippen LogP contribution in [0.25, 0.3) is 0 Å². The number of nitrogens with zero attached hydrogens (tertiary/aromatic N) is 1. The molecule has 0 saturated heterocycles. The summed E-state index contributed by atoms with van der Waals surface area (Å²) in [5, 5.41) is 8.31. The van der Waals surface area contributed by atoms with Crippen molar-refractivity contribution in [3.63, 3.8) is 0 Å². The molecule has 0 bridgehead atoms. The first-order valence-electron chi connectivity index (χ1n) is 4.12. The highest BCUT2D eigenvalue weighted by Gasteiger charge is 2.35. The summed E-state index contributed by atoms with van der Waals surface area (Å²) in [7, 11) is 0. The van der Waals surface area contributed by atoms with E-state index in [4.69, 9.17) is 5.26 Å². The fourth-order valence-electron chi connectivity index (χ4n) is 1.22. The van der Waals surface area contributed by atoms with E-state index in [0.717, 1.165) is 6.07 Å². The molecule has 0 spiro atoms. The van der Waals surface area contributed by atoms with Gasteiger partial charge in [-0.2, -0.15) is 18.4 Å². The second-order valence-corrected chi connectivity index (χ2v) is 2.99. The maximum atomic E-state index is 13.1. The molecule has 84 valence electrons. The first-order valence-corrected chi connectivity index (χ1v) is 4.12. The normalized spacial score (nSPS) is 10.9. The van der Waals surface area contributed by atoms with Gasteiger partial charge in [0.15, 0.2) is 6.29 Å². The zero-order valence-corrected chi connectivity index (χ0v) is 7.81. The molecule has 0 aromatic heterocycles. The van der Waals surface area contributed by atoms with Crippen LogP contribution < -0.4 is 0 Å². The molecule has 0 aliphatic rings. The number of halogens is 4. The van der Waals surface area contributed by atoms with Crippen LogP contribution in [-0.4, -0.2) is 6.29 Å². The maximum absolute atomic E-state index is 13.1. The predicted octanol–water partition coefficient (Wildman–Crippen LogP) is 2.72. The van der Waals surface area contributed by atoms with Gasteiger partial charge >= 0.3 is 6.18 Å². The van der Waals surface area contributed by atoms with Crippen molar-refractivity contribution in [1.82, 2.24) is 0 Å². The molecule has 6 heteroatoms. The molecule has 2 nitrogen and oxygen atoms in total. The highest BCUT2D eigenvalue weighted by Crippen LogP contribution is 2.33. The van der Waals surface area contributed by atoms with Crippen LogP contribution in [0, 0.1) is 17.1 Å². The van der Waals surface area contributed by atoms with Crippen LogP contribution >= 0.6 is 0 Å². The number of aldehydes is 1. The smallest absolute Gasteiger partial charge is 0.298 e. The summed E-state index contributed by atoms with van der Waals surface area (Å²) in [6, 6.07) is 2.96. The Labute approximate surface area is 88.1 Å². The average Bonchev–Trinajstić information content (AvgIpc) is 2.16. The molecule has 0 fully saturated rings. The average molecular weight is 231 g/mol. The fraction of sp³-hybridized carbons (Fsp3) is 0.200. The van der Waals surface area contributed by atoms with Gasteiger partial charge in [0, 0.05) is 0 Å². The number of rotatable bonds is 2. The summed E-state index contributed by atoms with van der Waals surface area (Å²) in [5.41, 5.74) is -2.50. The number of hydrogen-bond donors (Lipinski definition) is 0. The van der Waals surface area contributed by atoms with Crippen molar-refractivity contribution in [3.8, 4) is 6.07 Å². The summed E-state index contributed by atoms with van der Waals surface area (Å²) < 4.78 is 50.4. The second-order valence-electron chi connectivity index (χ2n) is 2.99. The number of carbonyl (C=O) groups is 1. The summed E-state index contributed by atoms with van der Waals surface area (Å²) >= 11 is 0. The molecule has 0 atom stereocenters. The van der Waals surface area contributed by atoms with E-state index in [1.165, 1.54) is 0 Å². The lowest BCUT2D eigenvalue weighted by Gasteiger charge is -2.11. The summed E-state index contributed by atoms with van der Waals surface area (Å²) in [6.45, 7) is 0. The molecule has 0 unspecified atom stereocenters. The van der Waals surface area contributed by atoms with E-state index in [1.807, 2.05) is 0 Å². The van der Waals surface area contributed by atoms with Crippen molar-refractivity contribution >= 4 is 6.29 Å². The van der Waals surface area contributed by atoms with Crippen molar-refractivity contribution < 1.29 is 22.4 Å². The Morgan fingerprint density at radius 2 is 2.00 bits per heavy atom. The molecule has 1 aromatic carbocycles. The van der Waals surface area contributed by atoms with Gasteiger partial charge in [0.05, 0.1) is 23.6 Å². The SMILES string of the molecule is N#CCc1cc(F)c(C=O)c(C(F)(F)F)c1. The quantitative estimate of drug-likeness (QED) is 0.580. The van der Waals surface area contributed by atoms with Gasteiger partial charge in [-0.25, -0.2) is 4.39 Å². The Kier molecular flexibility index (Phi) is 3.28. The monoisotopic (exact) mass is 231 g/mol. The predicted molar refractivity (Wildman–Crippen MR) is 46.1 cm³/mol. The molecule has 16 heavy (non-hydrogen) atoms. The third-order valence-corrected chi connectivity index (χ3v) is 1.90. The van der Waals surface area contributed by atoms with Crippen LogP contribution in [0.2, 0.25) is 0 Å². The van der Waals surface area contributed by atoms with Crippen molar-refractivity contribution in [2.75, 3.05) is 0 Å². The maximum Gasteiger partial charge on any atom is 0.417 e. The molecule has 0 heterocycles. The molecular weight excluding hydrogens is 226 g/mol. The molecule has 0 saturated carbocycles. The van der Waals surface area contributed by atoms with Gasteiger partial charge in [-0.1, -0.05) is 0 Å². The van der Waals surface area contributed by atoms with Crippen LogP contribution in [0.3, 0.4) is 0 Å². The lowest BCUT2D eigenvalue weighted by Crippen LogP contribution is -2.11. The number of benzene rings is 1. The van der Waals surface area contributed by atoms with Gasteiger partial charge in [0.1, 0.15) is 5.82 Å². The topological polar surface area (TPSA) is 40.9 Å². The standard InChI is InChI=1S/C10H5F4NO/c11-9-4-6(1-2-15)3-8(7(9)5-16)10(12,13)14/h3-5H,1H2. The van der Waals surface area contributed by atoms with Gasteiger partial charge in [0.2, 0.25) is 0 Å². The summed E-state index contributed by atoms with van der Waals surface area (Å²) in [4.78, 5) is 10.4. The van der Waals surface area contributed by atoms with E-state index in [1.54, 1.807) is 6.07 Å². The minimum Gasteiger partial charge on any atom is -0.298 e. The third-order valence-electron chi connectivity index (χ3n) is 1.90. The van der Waals surface area contributed by atoms with Gasteiger partial charge in [0.25, 0.3) is 0 Å². The van der Waals surface area contributed by atoms with Gasteiger partial charge in [-0.05, 0) is 17.7 Å². The number of nitriles is 1. The fourth-order valence-corrected chi connectivity index (χ4v) is 1.22. The number of hydrogen-bond acceptors (Lipinski definition) is 2. The Hall–Kier alpha value is -1.90. The largest absolute Gasteiger partial charge is 0.417 e. The van der Waals surface area contributed by atoms with E-state index >= 15 is 0 Å². The van der Waals surface area contributed by atoms with E-state index in [9.17, 15) is 22.4 Å². The number of alkyl halides is 3. The highest BCUT2D eigenvalue weighted by atomic mass is 19.4. The first kappa shape index (κ1) is 12.2. The van der Waals surface area contributed by atoms with E-state index in [0.29, 0.717) is 6.07 Å². The molecule has 0 aliphatic carbocycles. The Bertz CT molecular complexity index is 459. The molecule has 0 amide bonds. The Morgan fingerprint density at radius 1 is 1.38 bits per heavy atom. The van der Waals surface area contributed by atoms with E-state index in [2.05, 4.69) is 0 Å². The van der Waals surface area contributed by atoms with Crippen LogP contribution in [0.5, 0.6) is 0 Å². The number of carbonyl (C=O) groups excluding carboxylic acids is 1. The van der Waals surface area contributed by atoms with Crippen molar-refractivity contribution in [2.45, 2.75) is 12.6 Å². The van der Waals surface area contributed by atoms with E-state index < -0.39 is 23.1 Å². The molecular formula is C10H5F4NO. The van der Waals surface area contributed by atoms with Crippen LogP contribution in [0.15, 0.2) is 12.1 Å². The molecule has 0 aliphatic heterocycles. The lowest BCUT2D eigenvalue weighted by molar-refractivity contribution is -0.138. The first-order chi connectivity index (χ1) is 7.40. The molecule has 0 N–H and O–H groups in total. The van der Waals surface area contributed by atoms with Gasteiger partial charge in [-0.15, -0.1) is 0 Å². The zero-order chi connectivity index (χ0) is 12.3. The van der Waals surface area contributed by atoms with Gasteiger partial charge < -0.3 is 0 Å². The Morgan fingerprint density at radius 3 is 2.44 bits per heavy atom.